The molecule has 2 aromatic carbocycles. The number of benzene rings is 2. The highest BCUT2D eigenvalue weighted by atomic mass is 35.5. The molecular weight excluding hydrogens is 312 g/mol. The molecule has 1 unspecified atom stereocenters. The SMILES string of the molecule is COc1ccc2c(c1)c(C(O)C#N)cn2Cc1ccc(Cl)cc1. The van der Waals surface area contributed by atoms with Crippen LogP contribution >= 0.6 is 11.6 Å². The van der Waals surface area contributed by atoms with Gasteiger partial charge in [-0.25, -0.2) is 0 Å². The maximum atomic E-state index is 9.97. The molecule has 0 aliphatic heterocycles. The van der Waals surface area contributed by atoms with E-state index < -0.39 is 6.10 Å². The normalized spacial score (nSPS) is 12.1. The van der Waals surface area contributed by atoms with Crippen molar-refractivity contribution in [1.82, 2.24) is 4.57 Å². The zero-order valence-corrected chi connectivity index (χ0v) is 13.3. The first-order chi connectivity index (χ1) is 11.1. The van der Waals surface area contributed by atoms with Crippen LogP contribution in [0.3, 0.4) is 0 Å². The summed E-state index contributed by atoms with van der Waals surface area (Å²) in [6.07, 6.45) is 0.642. The summed E-state index contributed by atoms with van der Waals surface area (Å²) in [4.78, 5) is 0. The van der Waals surface area contributed by atoms with Crippen molar-refractivity contribution < 1.29 is 9.84 Å². The van der Waals surface area contributed by atoms with Crippen LogP contribution in [0, 0.1) is 11.3 Å². The van der Waals surface area contributed by atoms with Crippen LogP contribution in [0.25, 0.3) is 10.9 Å². The minimum atomic E-state index is -1.17. The first-order valence-electron chi connectivity index (χ1n) is 7.11. The van der Waals surface area contributed by atoms with Crippen LogP contribution in [0.5, 0.6) is 5.75 Å². The summed E-state index contributed by atoms with van der Waals surface area (Å²) in [6, 6.07) is 15.1. The summed E-state index contributed by atoms with van der Waals surface area (Å²) >= 11 is 5.92. The third-order valence-electron chi connectivity index (χ3n) is 3.80. The standard InChI is InChI=1S/C18H15ClN2O2/c1-23-14-6-7-17-15(8-14)16(18(22)9-20)11-21(17)10-12-2-4-13(19)5-3-12/h2-8,11,18,22H,10H2,1H3. The van der Waals surface area contributed by atoms with E-state index in [1.807, 2.05) is 59.3 Å². The van der Waals surface area contributed by atoms with Crippen LogP contribution < -0.4 is 4.74 Å². The Morgan fingerprint density at radius 2 is 2.00 bits per heavy atom. The largest absolute Gasteiger partial charge is 0.497 e. The first kappa shape index (κ1) is 15.4. The Kier molecular flexibility index (Phi) is 4.24. The topological polar surface area (TPSA) is 58.2 Å². The number of rotatable bonds is 4. The van der Waals surface area contributed by atoms with Crippen molar-refractivity contribution in [2.24, 2.45) is 0 Å². The number of aliphatic hydroxyl groups excluding tert-OH is 1. The van der Waals surface area contributed by atoms with Crippen LogP contribution in [0.4, 0.5) is 0 Å². The lowest BCUT2D eigenvalue weighted by molar-refractivity contribution is 0.237. The van der Waals surface area contributed by atoms with Crippen molar-refractivity contribution in [2.75, 3.05) is 7.11 Å². The quantitative estimate of drug-likeness (QED) is 0.739. The van der Waals surface area contributed by atoms with Gasteiger partial charge in [0.25, 0.3) is 0 Å². The maximum absolute atomic E-state index is 9.97. The average molecular weight is 327 g/mol. The van der Waals surface area contributed by atoms with E-state index in [9.17, 15) is 5.11 Å². The van der Waals surface area contributed by atoms with Gasteiger partial charge in [-0.05, 0) is 35.9 Å². The Bertz CT molecular complexity index is 878. The van der Waals surface area contributed by atoms with Crippen molar-refractivity contribution in [2.45, 2.75) is 12.6 Å². The summed E-state index contributed by atoms with van der Waals surface area (Å²) < 4.78 is 7.25. The Morgan fingerprint density at radius 3 is 2.65 bits per heavy atom. The fourth-order valence-corrected chi connectivity index (χ4v) is 2.76. The molecule has 1 heterocycles. The molecule has 0 radical (unpaired) electrons. The highest BCUT2D eigenvalue weighted by molar-refractivity contribution is 6.30. The van der Waals surface area contributed by atoms with Crippen molar-refractivity contribution in [3.8, 4) is 11.8 Å². The lowest BCUT2D eigenvalue weighted by Crippen LogP contribution is -1.98. The minimum Gasteiger partial charge on any atom is -0.497 e. The van der Waals surface area contributed by atoms with Crippen molar-refractivity contribution >= 4 is 22.5 Å². The average Bonchev–Trinajstić information content (AvgIpc) is 2.94. The molecule has 0 bridgehead atoms. The number of methoxy groups -OCH3 is 1. The highest BCUT2D eigenvalue weighted by Crippen LogP contribution is 2.30. The number of hydrogen-bond donors (Lipinski definition) is 1. The molecule has 0 aliphatic carbocycles. The van der Waals surface area contributed by atoms with Crippen molar-refractivity contribution in [3.05, 3.63) is 64.8 Å². The zero-order chi connectivity index (χ0) is 16.4. The van der Waals surface area contributed by atoms with E-state index in [2.05, 4.69) is 0 Å². The summed E-state index contributed by atoms with van der Waals surface area (Å²) in [7, 11) is 1.59. The lowest BCUT2D eigenvalue weighted by Gasteiger charge is -2.06. The van der Waals surface area contributed by atoms with Gasteiger partial charge in [0, 0.05) is 34.2 Å². The molecule has 0 saturated carbocycles. The number of nitriles is 1. The molecule has 5 heteroatoms. The van der Waals surface area contributed by atoms with Gasteiger partial charge in [0.05, 0.1) is 13.2 Å². The predicted octanol–water partition coefficient (Wildman–Crippen LogP) is 3.91. The molecular formula is C18H15ClN2O2. The Hall–Kier alpha value is -2.48. The summed E-state index contributed by atoms with van der Waals surface area (Å²) in [6.45, 7) is 0.623. The van der Waals surface area contributed by atoms with Gasteiger partial charge in [-0.3, -0.25) is 0 Å². The fraction of sp³-hybridized carbons (Fsp3) is 0.167. The Labute approximate surface area is 139 Å². The van der Waals surface area contributed by atoms with Gasteiger partial charge in [0.2, 0.25) is 0 Å². The van der Waals surface area contributed by atoms with Gasteiger partial charge in [-0.15, -0.1) is 0 Å². The molecule has 3 aromatic rings. The third kappa shape index (κ3) is 3.02. The van der Waals surface area contributed by atoms with Crippen LogP contribution in [-0.2, 0) is 6.54 Å². The number of halogens is 1. The molecule has 0 fully saturated rings. The number of fused-ring (bicyclic) bond motifs is 1. The molecule has 1 N–H and O–H groups in total. The van der Waals surface area contributed by atoms with Crippen LogP contribution in [0.15, 0.2) is 48.7 Å². The smallest absolute Gasteiger partial charge is 0.167 e. The second-order valence-electron chi connectivity index (χ2n) is 5.25. The van der Waals surface area contributed by atoms with Gasteiger partial charge < -0.3 is 14.4 Å². The number of ether oxygens (including phenoxy) is 1. The molecule has 0 saturated heterocycles. The molecule has 0 aliphatic rings. The second-order valence-corrected chi connectivity index (χ2v) is 5.69. The molecule has 0 amide bonds. The summed E-state index contributed by atoms with van der Waals surface area (Å²) in [5.74, 6) is 0.688. The van der Waals surface area contributed by atoms with Gasteiger partial charge in [0.1, 0.15) is 5.75 Å². The molecule has 1 aromatic heterocycles. The van der Waals surface area contributed by atoms with Crippen LogP contribution in [0.1, 0.15) is 17.2 Å². The van der Waals surface area contributed by atoms with Gasteiger partial charge >= 0.3 is 0 Å². The summed E-state index contributed by atoms with van der Waals surface area (Å²) in [5.41, 5.74) is 2.60. The molecule has 116 valence electrons. The van der Waals surface area contributed by atoms with E-state index in [-0.39, 0.29) is 0 Å². The van der Waals surface area contributed by atoms with E-state index >= 15 is 0 Å². The highest BCUT2D eigenvalue weighted by Gasteiger charge is 2.16. The number of nitrogens with zero attached hydrogens (tertiary/aromatic N) is 2. The Balaban J connectivity index is 2.09. The molecule has 0 spiro atoms. The third-order valence-corrected chi connectivity index (χ3v) is 4.05. The monoisotopic (exact) mass is 326 g/mol. The van der Waals surface area contributed by atoms with E-state index in [0.717, 1.165) is 16.5 Å². The number of hydrogen-bond acceptors (Lipinski definition) is 3. The second kappa shape index (κ2) is 6.33. The lowest BCUT2D eigenvalue weighted by atomic mass is 10.1. The van der Waals surface area contributed by atoms with Crippen LogP contribution in [0.2, 0.25) is 5.02 Å². The molecule has 1 atom stereocenters. The van der Waals surface area contributed by atoms with Crippen molar-refractivity contribution in [3.63, 3.8) is 0 Å². The van der Waals surface area contributed by atoms with E-state index in [4.69, 9.17) is 21.6 Å². The van der Waals surface area contributed by atoms with Gasteiger partial charge in [-0.1, -0.05) is 23.7 Å². The summed E-state index contributed by atoms with van der Waals surface area (Å²) in [5, 5.41) is 20.5. The van der Waals surface area contributed by atoms with E-state index in [1.165, 1.54) is 0 Å². The minimum absolute atomic E-state index is 0.579. The number of aliphatic hydroxyl groups is 1. The fourth-order valence-electron chi connectivity index (χ4n) is 2.64. The molecule has 23 heavy (non-hydrogen) atoms. The zero-order valence-electron chi connectivity index (χ0n) is 12.5. The first-order valence-corrected chi connectivity index (χ1v) is 7.49. The molecule has 3 rings (SSSR count). The van der Waals surface area contributed by atoms with E-state index in [1.54, 1.807) is 7.11 Å². The molecule has 4 nitrogen and oxygen atoms in total. The number of aromatic nitrogens is 1. The Morgan fingerprint density at radius 1 is 1.26 bits per heavy atom. The predicted molar refractivity (Wildman–Crippen MR) is 89.6 cm³/mol. The maximum Gasteiger partial charge on any atom is 0.167 e. The van der Waals surface area contributed by atoms with Gasteiger partial charge in [-0.2, -0.15) is 5.26 Å². The van der Waals surface area contributed by atoms with Crippen LogP contribution in [-0.4, -0.2) is 16.8 Å². The van der Waals surface area contributed by atoms with Gasteiger partial charge in [0.15, 0.2) is 6.10 Å². The van der Waals surface area contributed by atoms with Crippen molar-refractivity contribution in [1.29, 1.82) is 5.26 Å². The van der Waals surface area contributed by atoms with E-state index in [0.29, 0.717) is 22.9 Å².